The molecule has 1 nitrogen and oxygen atoms in total. The highest BCUT2D eigenvalue weighted by atomic mass is 35.5. The fraction of sp³-hybridized carbons (Fsp3) is 0.429. The lowest BCUT2D eigenvalue weighted by Gasteiger charge is -2.27. The summed E-state index contributed by atoms with van der Waals surface area (Å²) in [5.74, 6) is 0.674. The van der Waals surface area contributed by atoms with Crippen molar-refractivity contribution in [1.82, 2.24) is 4.90 Å². The summed E-state index contributed by atoms with van der Waals surface area (Å²) in [5.41, 5.74) is 1.37. The van der Waals surface area contributed by atoms with Gasteiger partial charge in [-0.25, -0.2) is 0 Å². The molecule has 0 radical (unpaired) electrons. The van der Waals surface area contributed by atoms with E-state index in [9.17, 15) is 0 Å². The van der Waals surface area contributed by atoms with Crippen LogP contribution in [0.25, 0.3) is 0 Å². The summed E-state index contributed by atoms with van der Waals surface area (Å²) in [4.78, 5) is 2.35. The van der Waals surface area contributed by atoms with E-state index in [0.717, 1.165) is 19.5 Å². The summed E-state index contributed by atoms with van der Waals surface area (Å²) in [5, 5.41) is 0. The van der Waals surface area contributed by atoms with Gasteiger partial charge >= 0.3 is 0 Å². The van der Waals surface area contributed by atoms with E-state index >= 15 is 0 Å². The maximum atomic E-state index is 5.80. The number of hydrogen-bond acceptors (Lipinski definition) is 1. The lowest BCUT2D eigenvalue weighted by molar-refractivity contribution is 0.244. The molecule has 0 N–H and O–H groups in total. The first kappa shape index (κ1) is 16.5. The molecule has 0 saturated heterocycles. The van der Waals surface area contributed by atoms with Crippen LogP contribution >= 0.6 is 24.0 Å². The zero-order chi connectivity index (χ0) is 11.8. The molecule has 0 spiro atoms. The van der Waals surface area contributed by atoms with Gasteiger partial charge in [0.15, 0.2) is 0 Å². The molecule has 0 amide bonds. The first-order valence-electron chi connectivity index (χ1n) is 5.72. The molecule has 0 bridgehead atoms. The molecular formula is C14H21Cl2N. The van der Waals surface area contributed by atoms with Gasteiger partial charge in [0.1, 0.15) is 0 Å². The number of rotatable bonds is 7. The number of halogens is 2. The van der Waals surface area contributed by atoms with Crippen LogP contribution in [0.5, 0.6) is 0 Å². The van der Waals surface area contributed by atoms with Crippen molar-refractivity contribution in [3.63, 3.8) is 0 Å². The smallest absolute Gasteiger partial charge is 0.0351 e. The second-order valence-electron chi connectivity index (χ2n) is 4.01. The van der Waals surface area contributed by atoms with Gasteiger partial charge in [0.25, 0.3) is 0 Å². The van der Waals surface area contributed by atoms with E-state index in [1.807, 2.05) is 6.08 Å². The Morgan fingerprint density at radius 1 is 1.35 bits per heavy atom. The largest absolute Gasteiger partial charge is 0.296 e. The van der Waals surface area contributed by atoms with E-state index in [4.69, 9.17) is 11.6 Å². The molecule has 0 aliphatic heterocycles. The van der Waals surface area contributed by atoms with Crippen LogP contribution in [0.2, 0.25) is 0 Å². The molecule has 0 fully saturated rings. The molecule has 0 aliphatic rings. The minimum atomic E-state index is 0. The van der Waals surface area contributed by atoms with Crippen molar-refractivity contribution in [3.05, 3.63) is 48.6 Å². The average Bonchev–Trinajstić information content (AvgIpc) is 2.30. The van der Waals surface area contributed by atoms with Gasteiger partial charge in [-0.05, 0) is 18.9 Å². The van der Waals surface area contributed by atoms with Crippen molar-refractivity contribution < 1.29 is 0 Å². The molecule has 17 heavy (non-hydrogen) atoms. The van der Waals surface area contributed by atoms with Gasteiger partial charge in [0, 0.05) is 25.0 Å². The highest BCUT2D eigenvalue weighted by Crippen LogP contribution is 2.08. The molecule has 0 aromatic heterocycles. The fourth-order valence-electron chi connectivity index (χ4n) is 1.85. The highest BCUT2D eigenvalue weighted by Gasteiger charge is 2.11. The molecule has 1 rings (SSSR count). The SMILES string of the molecule is C=CCN(CCCl)C(C)Cc1ccccc1.Cl. The Kier molecular flexibility index (Phi) is 9.24. The molecule has 96 valence electrons. The summed E-state index contributed by atoms with van der Waals surface area (Å²) in [7, 11) is 0. The van der Waals surface area contributed by atoms with Crippen LogP contribution in [0.15, 0.2) is 43.0 Å². The predicted molar refractivity (Wildman–Crippen MR) is 79.3 cm³/mol. The zero-order valence-electron chi connectivity index (χ0n) is 10.3. The maximum Gasteiger partial charge on any atom is 0.0351 e. The summed E-state index contributed by atoms with van der Waals surface area (Å²) >= 11 is 5.80. The van der Waals surface area contributed by atoms with Crippen LogP contribution in [0, 0.1) is 0 Å². The Labute approximate surface area is 116 Å². The third-order valence-electron chi connectivity index (χ3n) is 2.73. The minimum absolute atomic E-state index is 0. The Balaban J connectivity index is 0.00000256. The first-order chi connectivity index (χ1) is 7.77. The second kappa shape index (κ2) is 9.52. The first-order valence-corrected chi connectivity index (χ1v) is 6.26. The standard InChI is InChI=1S/C14H20ClN.ClH/c1-3-10-16(11-9-15)13(2)12-14-7-5-4-6-8-14;/h3-8,13H,1,9-12H2,2H3;1H. The molecule has 1 atom stereocenters. The maximum absolute atomic E-state index is 5.80. The lowest BCUT2D eigenvalue weighted by Crippen LogP contribution is -2.36. The van der Waals surface area contributed by atoms with Gasteiger partial charge in [-0.3, -0.25) is 4.90 Å². The van der Waals surface area contributed by atoms with Gasteiger partial charge in [-0.15, -0.1) is 30.6 Å². The van der Waals surface area contributed by atoms with Gasteiger partial charge in [-0.1, -0.05) is 36.4 Å². The van der Waals surface area contributed by atoms with Crippen LogP contribution in [0.1, 0.15) is 12.5 Å². The Morgan fingerprint density at radius 2 is 2.00 bits per heavy atom. The van der Waals surface area contributed by atoms with Gasteiger partial charge in [0.2, 0.25) is 0 Å². The zero-order valence-corrected chi connectivity index (χ0v) is 11.9. The summed E-state index contributed by atoms with van der Waals surface area (Å²) in [6.45, 7) is 7.85. The van der Waals surface area contributed by atoms with Crippen molar-refractivity contribution in [2.75, 3.05) is 19.0 Å². The summed E-state index contributed by atoms with van der Waals surface area (Å²) < 4.78 is 0. The Morgan fingerprint density at radius 3 is 2.53 bits per heavy atom. The lowest BCUT2D eigenvalue weighted by atomic mass is 10.1. The second-order valence-corrected chi connectivity index (χ2v) is 4.39. The van der Waals surface area contributed by atoms with Crippen molar-refractivity contribution in [1.29, 1.82) is 0 Å². The summed E-state index contributed by atoms with van der Waals surface area (Å²) in [6, 6.07) is 11.1. The van der Waals surface area contributed by atoms with Crippen molar-refractivity contribution in [2.24, 2.45) is 0 Å². The van der Waals surface area contributed by atoms with E-state index in [0.29, 0.717) is 11.9 Å². The average molecular weight is 274 g/mol. The highest BCUT2D eigenvalue weighted by molar-refractivity contribution is 6.18. The molecular weight excluding hydrogens is 253 g/mol. The molecule has 1 aromatic carbocycles. The summed E-state index contributed by atoms with van der Waals surface area (Å²) in [6.07, 6.45) is 3.00. The van der Waals surface area contributed by atoms with E-state index in [2.05, 4.69) is 48.7 Å². The molecule has 1 aromatic rings. The molecule has 1 unspecified atom stereocenters. The predicted octanol–water partition coefficient (Wildman–Crippen LogP) is 3.77. The number of hydrogen-bond donors (Lipinski definition) is 0. The van der Waals surface area contributed by atoms with E-state index in [1.165, 1.54) is 5.56 Å². The van der Waals surface area contributed by atoms with Crippen molar-refractivity contribution >= 4 is 24.0 Å². The Bertz CT molecular complexity index is 300. The van der Waals surface area contributed by atoms with Crippen LogP contribution in [-0.4, -0.2) is 29.9 Å². The normalized spacial score (nSPS) is 11.9. The number of benzene rings is 1. The molecule has 0 saturated carbocycles. The van der Waals surface area contributed by atoms with E-state index < -0.39 is 0 Å². The van der Waals surface area contributed by atoms with Crippen molar-refractivity contribution in [3.8, 4) is 0 Å². The Hall–Kier alpha value is -0.500. The third-order valence-corrected chi connectivity index (χ3v) is 2.90. The van der Waals surface area contributed by atoms with E-state index in [-0.39, 0.29) is 12.4 Å². The van der Waals surface area contributed by atoms with Gasteiger partial charge < -0.3 is 0 Å². The van der Waals surface area contributed by atoms with Crippen LogP contribution in [0.4, 0.5) is 0 Å². The fourth-order valence-corrected chi connectivity index (χ4v) is 2.07. The van der Waals surface area contributed by atoms with Crippen LogP contribution in [-0.2, 0) is 6.42 Å². The quantitative estimate of drug-likeness (QED) is 0.540. The van der Waals surface area contributed by atoms with Crippen molar-refractivity contribution in [2.45, 2.75) is 19.4 Å². The van der Waals surface area contributed by atoms with Crippen LogP contribution < -0.4 is 0 Å². The molecule has 0 heterocycles. The molecule has 0 aliphatic carbocycles. The van der Waals surface area contributed by atoms with E-state index in [1.54, 1.807) is 0 Å². The topological polar surface area (TPSA) is 3.24 Å². The number of nitrogens with zero attached hydrogens (tertiary/aromatic N) is 1. The van der Waals surface area contributed by atoms with Crippen LogP contribution in [0.3, 0.4) is 0 Å². The van der Waals surface area contributed by atoms with Gasteiger partial charge in [-0.2, -0.15) is 0 Å². The monoisotopic (exact) mass is 273 g/mol. The molecule has 3 heteroatoms. The van der Waals surface area contributed by atoms with Gasteiger partial charge in [0.05, 0.1) is 0 Å². The minimum Gasteiger partial charge on any atom is -0.296 e. The number of alkyl halides is 1. The third kappa shape index (κ3) is 6.11.